The summed E-state index contributed by atoms with van der Waals surface area (Å²) in [6, 6.07) is 3.98. The first-order valence-electron chi connectivity index (χ1n) is 10.1. The molecular formula is C20H25F3N4O5. The molecule has 4 rings (SSSR count). The number of alkyl halides is 3. The molecule has 2 aromatic heterocycles. The SMILES string of the molecule is Cn1cc(C[C@H]2[C@H](N3CCOCC3)CCN2C(=O)c2ccco2)cn1.O=C(O)C(F)(F)F. The highest BCUT2D eigenvalue weighted by Gasteiger charge is 2.41. The van der Waals surface area contributed by atoms with Gasteiger partial charge in [-0.1, -0.05) is 0 Å². The number of carboxylic acids is 1. The number of rotatable bonds is 4. The number of aryl methyl sites for hydroxylation is 1. The molecule has 4 heterocycles. The minimum Gasteiger partial charge on any atom is -0.475 e. The van der Waals surface area contributed by atoms with Crippen molar-refractivity contribution in [1.82, 2.24) is 19.6 Å². The number of aliphatic carboxylic acids is 1. The van der Waals surface area contributed by atoms with Crippen molar-refractivity contribution in [1.29, 1.82) is 0 Å². The van der Waals surface area contributed by atoms with Crippen LogP contribution in [0.25, 0.3) is 0 Å². The summed E-state index contributed by atoms with van der Waals surface area (Å²) in [4.78, 5) is 26.3. The zero-order valence-corrected chi connectivity index (χ0v) is 17.5. The Hall–Kier alpha value is -2.86. The standard InChI is InChI=1S/C18H24N4O3.C2HF3O2/c1-20-13-14(12-19-20)11-16-15(21-6-9-24-10-7-21)4-5-22(16)18(23)17-3-2-8-25-17;3-2(4,5)1(6)7/h2-3,8,12-13,15-16H,4-7,9-11H2,1H3;(H,6,7)/t15-,16+;/m1./s1. The molecule has 0 saturated carbocycles. The van der Waals surface area contributed by atoms with Gasteiger partial charge in [0.1, 0.15) is 0 Å². The van der Waals surface area contributed by atoms with Crippen molar-refractivity contribution in [3.05, 3.63) is 42.1 Å². The highest BCUT2D eigenvalue weighted by Crippen LogP contribution is 2.28. The number of amides is 1. The molecule has 0 aromatic carbocycles. The van der Waals surface area contributed by atoms with Gasteiger partial charge >= 0.3 is 12.1 Å². The van der Waals surface area contributed by atoms with E-state index >= 15 is 0 Å². The van der Waals surface area contributed by atoms with E-state index < -0.39 is 12.1 Å². The second-order valence-electron chi connectivity index (χ2n) is 7.58. The first kappa shape index (κ1) is 23.8. The molecule has 0 radical (unpaired) electrons. The van der Waals surface area contributed by atoms with Crippen LogP contribution in [-0.4, -0.2) is 87.7 Å². The van der Waals surface area contributed by atoms with Crippen molar-refractivity contribution in [2.45, 2.75) is 31.1 Å². The number of morpholine rings is 1. The molecule has 2 saturated heterocycles. The van der Waals surface area contributed by atoms with Gasteiger partial charge in [-0.3, -0.25) is 14.4 Å². The average molecular weight is 458 g/mol. The number of halogens is 3. The molecule has 1 N–H and O–H groups in total. The summed E-state index contributed by atoms with van der Waals surface area (Å²) >= 11 is 0. The van der Waals surface area contributed by atoms with Crippen molar-refractivity contribution < 1.29 is 37.0 Å². The van der Waals surface area contributed by atoms with Crippen LogP contribution in [0.15, 0.2) is 35.2 Å². The van der Waals surface area contributed by atoms with Crippen LogP contribution in [0.5, 0.6) is 0 Å². The molecular weight excluding hydrogens is 433 g/mol. The van der Waals surface area contributed by atoms with E-state index in [1.807, 2.05) is 29.0 Å². The van der Waals surface area contributed by atoms with Crippen molar-refractivity contribution in [3.8, 4) is 0 Å². The molecule has 2 aliphatic rings. The van der Waals surface area contributed by atoms with Gasteiger partial charge < -0.3 is 19.2 Å². The summed E-state index contributed by atoms with van der Waals surface area (Å²) in [6.07, 6.45) is 2.19. The number of carbonyl (C=O) groups excluding carboxylic acids is 1. The van der Waals surface area contributed by atoms with Gasteiger partial charge in [-0.15, -0.1) is 0 Å². The maximum atomic E-state index is 12.9. The maximum absolute atomic E-state index is 12.9. The number of furan rings is 1. The van der Waals surface area contributed by atoms with E-state index in [4.69, 9.17) is 19.1 Å². The van der Waals surface area contributed by atoms with Gasteiger partial charge in [-0.05, 0) is 30.5 Å². The van der Waals surface area contributed by atoms with Crippen LogP contribution < -0.4 is 0 Å². The van der Waals surface area contributed by atoms with Crippen LogP contribution in [0.3, 0.4) is 0 Å². The number of hydrogen-bond acceptors (Lipinski definition) is 6. The summed E-state index contributed by atoms with van der Waals surface area (Å²) in [5, 5.41) is 11.4. The lowest BCUT2D eigenvalue weighted by Crippen LogP contribution is -2.51. The van der Waals surface area contributed by atoms with Gasteiger partial charge in [0, 0.05) is 38.9 Å². The molecule has 176 valence electrons. The molecule has 32 heavy (non-hydrogen) atoms. The lowest BCUT2D eigenvalue weighted by Gasteiger charge is -2.37. The summed E-state index contributed by atoms with van der Waals surface area (Å²) < 4.78 is 44.4. The molecule has 0 unspecified atom stereocenters. The summed E-state index contributed by atoms with van der Waals surface area (Å²) in [5.74, 6) is -2.36. The fourth-order valence-electron chi connectivity index (χ4n) is 4.03. The predicted molar refractivity (Wildman–Crippen MR) is 105 cm³/mol. The minimum atomic E-state index is -5.08. The van der Waals surface area contributed by atoms with E-state index in [-0.39, 0.29) is 11.9 Å². The Bertz CT molecular complexity index is 893. The third kappa shape index (κ3) is 5.88. The van der Waals surface area contributed by atoms with E-state index in [2.05, 4.69) is 10.00 Å². The summed E-state index contributed by atoms with van der Waals surface area (Å²) in [5.41, 5.74) is 1.16. The Morgan fingerprint density at radius 2 is 1.94 bits per heavy atom. The van der Waals surface area contributed by atoms with Gasteiger partial charge in [0.15, 0.2) is 5.76 Å². The van der Waals surface area contributed by atoms with Crippen molar-refractivity contribution in [3.63, 3.8) is 0 Å². The smallest absolute Gasteiger partial charge is 0.475 e. The highest BCUT2D eigenvalue weighted by molar-refractivity contribution is 5.92. The lowest BCUT2D eigenvalue weighted by atomic mass is 10.00. The normalized spacial score (nSPS) is 21.8. The number of aromatic nitrogens is 2. The predicted octanol–water partition coefficient (Wildman–Crippen LogP) is 1.80. The largest absolute Gasteiger partial charge is 0.490 e. The van der Waals surface area contributed by atoms with Crippen LogP contribution in [-0.2, 0) is 23.0 Å². The second kappa shape index (κ2) is 10.2. The number of likely N-dealkylation sites (tertiary alicyclic amines) is 1. The topological polar surface area (TPSA) is 101 Å². The van der Waals surface area contributed by atoms with Gasteiger partial charge in [0.25, 0.3) is 5.91 Å². The lowest BCUT2D eigenvalue weighted by molar-refractivity contribution is -0.192. The Kier molecular flexibility index (Phi) is 7.56. The Balaban J connectivity index is 0.000000360. The molecule has 1 amide bonds. The van der Waals surface area contributed by atoms with Gasteiger partial charge in [0.05, 0.1) is 31.7 Å². The van der Waals surface area contributed by atoms with Crippen LogP contribution in [0.1, 0.15) is 22.5 Å². The quantitative estimate of drug-likeness (QED) is 0.746. The summed E-state index contributed by atoms with van der Waals surface area (Å²) in [7, 11) is 1.92. The molecule has 9 nitrogen and oxygen atoms in total. The van der Waals surface area contributed by atoms with Crippen molar-refractivity contribution in [2.24, 2.45) is 7.05 Å². The van der Waals surface area contributed by atoms with Crippen LogP contribution in [0.4, 0.5) is 13.2 Å². The third-order valence-electron chi connectivity index (χ3n) is 5.46. The molecule has 12 heteroatoms. The number of ether oxygens (including phenoxy) is 1. The zero-order valence-electron chi connectivity index (χ0n) is 17.5. The molecule has 2 aliphatic heterocycles. The molecule has 0 bridgehead atoms. The fraction of sp³-hybridized carbons (Fsp3) is 0.550. The first-order valence-corrected chi connectivity index (χ1v) is 10.1. The molecule has 2 fully saturated rings. The number of hydrogen-bond donors (Lipinski definition) is 1. The molecule has 0 spiro atoms. The monoisotopic (exact) mass is 458 g/mol. The van der Waals surface area contributed by atoms with Crippen LogP contribution >= 0.6 is 0 Å². The van der Waals surface area contributed by atoms with E-state index in [0.29, 0.717) is 11.8 Å². The average Bonchev–Trinajstić information content (AvgIpc) is 3.50. The Morgan fingerprint density at radius 1 is 1.25 bits per heavy atom. The Morgan fingerprint density at radius 3 is 2.47 bits per heavy atom. The number of nitrogens with zero attached hydrogens (tertiary/aromatic N) is 4. The molecule has 2 aromatic rings. The second-order valence-corrected chi connectivity index (χ2v) is 7.58. The first-order chi connectivity index (χ1) is 15.2. The van der Waals surface area contributed by atoms with Crippen LogP contribution in [0, 0.1) is 0 Å². The molecule has 0 aliphatic carbocycles. The van der Waals surface area contributed by atoms with E-state index in [1.165, 1.54) is 0 Å². The third-order valence-corrected chi connectivity index (χ3v) is 5.46. The van der Waals surface area contributed by atoms with Crippen molar-refractivity contribution in [2.75, 3.05) is 32.8 Å². The van der Waals surface area contributed by atoms with E-state index in [9.17, 15) is 18.0 Å². The zero-order chi connectivity index (χ0) is 23.3. The van der Waals surface area contributed by atoms with Gasteiger partial charge in [0.2, 0.25) is 0 Å². The minimum absolute atomic E-state index is 0.0188. The fourth-order valence-corrected chi connectivity index (χ4v) is 4.03. The van der Waals surface area contributed by atoms with Gasteiger partial charge in [-0.2, -0.15) is 18.3 Å². The maximum Gasteiger partial charge on any atom is 0.490 e. The highest BCUT2D eigenvalue weighted by atomic mass is 19.4. The van der Waals surface area contributed by atoms with E-state index in [0.717, 1.165) is 51.3 Å². The van der Waals surface area contributed by atoms with E-state index in [1.54, 1.807) is 18.4 Å². The van der Waals surface area contributed by atoms with Gasteiger partial charge in [-0.25, -0.2) is 4.79 Å². The van der Waals surface area contributed by atoms with Crippen molar-refractivity contribution >= 4 is 11.9 Å². The number of carbonyl (C=O) groups is 2. The van der Waals surface area contributed by atoms with Crippen LogP contribution in [0.2, 0.25) is 0 Å². The molecule has 2 atom stereocenters. The Labute approximate surface area is 182 Å². The summed E-state index contributed by atoms with van der Waals surface area (Å²) in [6.45, 7) is 4.14. The number of carboxylic acid groups (broad SMARTS) is 1.